The summed E-state index contributed by atoms with van der Waals surface area (Å²) >= 11 is 5.82. The molecular formula is C14H20FNOS2. The molecule has 1 rings (SSSR count). The number of thioether (sulfide) groups is 1. The van der Waals surface area contributed by atoms with Gasteiger partial charge in [-0.25, -0.2) is 4.39 Å². The fourth-order valence-corrected chi connectivity index (χ4v) is 2.39. The van der Waals surface area contributed by atoms with Crippen molar-refractivity contribution >= 4 is 30.3 Å². The summed E-state index contributed by atoms with van der Waals surface area (Å²) in [5.41, 5.74) is 0.453. The highest BCUT2D eigenvalue weighted by molar-refractivity contribution is 7.98. The Kier molecular flexibility index (Phi) is 7.98. The maximum Gasteiger partial charge on any atom is 0.251 e. The summed E-state index contributed by atoms with van der Waals surface area (Å²) in [5.74, 6) is 0.625. The second-order valence-corrected chi connectivity index (χ2v) is 5.80. The van der Waals surface area contributed by atoms with Crippen LogP contribution in [0.2, 0.25) is 0 Å². The van der Waals surface area contributed by atoms with Crippen molar-refractivity contribution < 1.29 is 9.18 Å². The summed E-state index contributed by atoms with van der Waals surface area (Å²) < 4.78 is 13.0. The van der Waals surface area contributed by atoms with Crippen molar-refractivity contribution in [3.63, 3.8) is 0 Å². The van der Waals surface area contributed by atoms with Crippen molar-refractivity contribution in [2.24, 2.45) is 0 Å². The largest absolute Gasteiger partial charge is 0.352 e. The summed E-state index contributed by atoms with van der Waals surface area (Å²) in [6, 6.07) is 4.19. The number of rotatable bonds is 8. The van der Waals surface area contributed by atoms with Crippen LogP contribution in [-0.2, 0) is 0 Å². The van der Waals surface area contributed by atoms with Gasteiger partial charge in [0.1, 0.15) is 5.82 Å². The molecule has 106 valence electrons. The van der Waals surface area contributed by atoms with Crippen LogP contribution in [0.4, 0.5) is 4.39 Å². The van der Waals surface area contributed by atoms with Gasteiger partial charge in [-0.2, -0.15) is 11.8 Å². The number of benzene rings is 1. The van der Waals surface area contributed by atoms with Crippen molar-refractivity contribution in [1.29, 1.82) is 0 Å². The number of carbonyl (C=O) groups is 1. The highest BCUT2D eigenvalue weighted by Crippen LogP contribution is 2.14. The Balaban J connectivity index is 2.22. The number of carbonyl (C=O) groups excluding carboxylic acids is 1. The van der Waals surface area contributed by atoms with Gasteiger partial charge in [-0.3, -0.25) is 4.79 Å². The Morgan fingerprint density at radius 3 is 2.74 bits per heavy atom. The Morgan fingerprint density at radius 1 is 1.32 bits per heavy atom. The standard InChI is InChI=1S/C14H20FNOS2/c1-19-9-5-3-2-4-8-16-14(17)11-6-7-12(15)13(18)10-11/h6-7,10,18H,2-5,8-9H2,1H3,(H,16,17). The quantitative estimate of drug-likeness (QED) is 0.565. The van der Waals surface area contributed by atoms with Crippen LogP contribution < -0.4 is 5.32 Å². The number of thiol groups is 1. The van der Waals surface area contributed by atoms with Crippen LogP contribution in [0, 0.1) is 5.82 Å². The zero-order valence-corrected chi connectivity index (χ0v) is 12.8. The van der Waals surface area contributed by atoms with E-state index in [-0.39, 0.29) is 10.8 Å². The van der Waals surface area contributed by atoms with Gasteiger partial charge in [-0.1, -0.05) is 12.8 Å². The summed E-state index contributed by atoms with van der Waals surface area (Å²) in [6.45, 7) is 0.664. The van der Waals surface area contributed by atoms with E-state index in [1.165, 1.54) is 36.8 Å². The normalized spacial score (nSPS) is 10.5. The maximum absolute atomic E-state index is 13.0. The first-order valence-electron chi connectivity index (χ1n) is 6.41. The van der Waals surface area contributed by atoms with E-state index in [0.29, 0.717) is 12.1 Å². The second-order valence-electron chi connectivity index (χ2n) is 4.33. The van der Waals surface area contributed by atoms with Gasteiger partial charge in [0.05, 0.1) is 0 Å². The summed E-state index contributed by atoms with van der Waals surface area (Å²) in [5, 5.41) is 2.84. The predicted octanol–water partition coefficient (Wildman–Crippen LogP) is 3.77. The Hall–Kier alpha value is -0.680. The van der Waals surface area contributed by atoms with Gasteiger partial charge in [-0.05, 0) is 43.0 Å². The third-order valence-electron chi connectivity index (χ3n) is 2.77. The molecule has 0 saturated heterocycles. The number of nitrogens with one attached hydrogen (secondary N) is 1. The molecule has 1 aromatic rings. The smallest absolute Gasteiger partial charge is 0.251 e. The lowest BCUT2D eigenvalue weighted by atomic mass is 10.2. The van der Waals surface area contributed by atoms with Gasteiger partial charge in [0.2, 0.25) is 0 Å². The van der Waals surface area contributed by atoms with Crippen molar-refractivity contribution in [3.05, 3.63) is 29.6 Å². The summed E-state index contributed by atoms with van der Waals surface area (Å²) in [7, 11) is 0. The van der Waals surface area contributed by atoms with Crippen molar-refractivity contribution in [2.45, 2.75) is 30.6 Å². The monoisotopic (exact) mass is 301 g/mol. The molecule has 0 aliphatic carbocycles. The topological polar surface area (TPSA) is 29.1 Å². The van der Waals surface area contributed by atoms with Crippen LogP contribution in [0.3, 0.4) is 0 Å². The van der Waals surface area contributed by atoms with E-state index in [2.05, 4.69) is 24.2 Å². The zero-order valence-electron chi connectivity index (χ0n) is 11.1. The van der Waals surface area contributed by atoms with Gasteiger partial charge in [0, 0.05) is 17.0 Å². The van der Waals surface area contributed by atoms with Gasteiger partial charge in [0.25, 0.3) is 5.91 Å². The molecule has 0 atom stereocenters. The molecule has 0 bridgehead atoms. The van der Waals surface area contributed by atoms with Crippen molar-refractivity contribution in [2.75, 3.05) is 18.6 Å². The molecule has 0 radical (unpaired) electrons. The molecule has 5 heteroatoms. The van der Waals surface area contributed by atoms with Crippen LogP contribution in [0.1, 0.15) is 36.0 Å². The molecular weight excluding hydrogens is 281 g/mol. The minimum absolute atomic E-state index is 0.167. The van der Waals surface area contributed by atoms with Gasteiger partial charge in [0.15, 0.2) is 0 Å². The van der Waals surface area contributed by atoms with Gasteiger partial charge < -0.3 is 5.32 Å². The summed E-state index contributed by atoms with van der Waals surface area (Å²) in [6.07, 6.45) is 6.65. The molecule has 0 aliphatic rings. The predicted molar refractivity (Wildman–Crippen MR) is 82.8 cm³/mol. The molecule has 0 spiro atoms. The first kappa shape index (κ1) is 16.4. The average molecular weight is 301 g/mol. The Morgan fingerprint density at radius 2 is 2.05 bits per heavy atom. The third kappa shape index (κ3) is 6.34. The number of halogens is 1. The lowest BCUT2D eigenvalue weighted by Crippen LogP contribution is -2.24. The van der Waals surface area contributed by atoms with Crippen molar-refractivity contribution in [3.8, 4) is 0 Å². The van der Waals surface area contributed by atoms with Crippen LogP contribution >= 0.6 is 24.4 Å². The van der Waals surface area contributed by atoms with E-state index in [1.54, 1.807) is 0 Å². The molecule has 1 aromatic carbocycles. The lowest BCUT2D eigenvalue weighted by molar-refractivity contribution is 0.0952. The van der Waals surface area contributed by atoms with E-state index < -0.39 is 5.82 Å². The lowest BCUT2D eigenvalue weighted by Gasteiger charge is -2.06. The van der Waals surface area contributed by atoms with Gasteiger partial charge in [-0.15, -0.1) is 12.6 Å². The Bertz CT molecular complexity index is 412. The molecule has 2 nitrogen and oxygen atoms in total. The second kappa shape index (κ2) is 9.26. The van der Waals surface area contributed by atoms with Crippen LogP contribution in [0.25, 0.3) is 0 Å². The highest BCUT2D eigenvalue weighted by Gasteiger charge is 2.07. The molecule has 0 fully saturated rings. The first-order chi connectivity index (χ1) is 9.15. The fourth-order valence-electron chi connectivity index (χ4n) is 1.68. The minimum atomic E-state index is -0.409. The molecule has 0 saturated carbocycles. The SMILES string of the molecule is CSCCCCCCNC(=O)c1ccc(F)c(S)c1. The maximum atomic E-state index is 13.0. The van der Waals surface area contributed by atoms with Crippen molar-refractivity contribution in [1.82, 2.24) is 5.32 Å². The van der Waals surface area contributed by atoms with Crippen LogP contribution in [0.15, 0.2) is 23.1 Å². The van der Waals surface area contributed by atoms with Gasteiger partial charge >= 0.3 is 0 Å². The fraction of sp³-hybridized carbons (Fsp3) is 0.500. The van der Waals surface area contributed by atoms with E-state index in [1.807, 2.05) is 11.8 Å². The minimum Gasteiger partial charge on any atom is -0.352 e. The van der Waals surface area contributed by atoms with E-state index in [9.17, 15) is 9.18 Å². The highest BCUT2D eigenvalue weighted by atomic mass is 32.2. The molecule has 0 heterocycles. The average Bonchev–Trinajstić information content (AvgIpc) is 2.40. The number of unbranched alkanes of at least 4 members (excludes halogenated alkanes) is 3. The molecule has 1 N–H and O–H groups in total. The molecule has 1 amide bonds. The first-order valence-corrected chi connectivity index (χ1v) is 8.25. The number of hydrogen-bond acceptors (Lipinski definition) is 3. The number of hydrogen-bond donors (Lipinski definition) is 2. The van der Waals surface area contributed by atoms with Crippen LogP contribution in [-0.4, -0.2) is 24.5 Å². The molecule has 0 unspecified atom stereocenters. The van der Waals surface area contributed by atoms with E-state index >= 15 is 0 Å². The van der Waals surface area contributed by atoms with Crippen LogP contribution in [0.5, 0.6) is 0 Å². The summed E-state index contributed by atoms with van der Waals surface area (Å²) in [4.78, 5) is 12.0. The molecule has 0 aromatic heterocycles. The number of amides is 1. The third-order valence-corrected chi connectivity index (χ3v) is 3.81. The zero-order chi connectivity index (χ0) is 14.1. The van der Waals surface area contributed by atoms with E-state index in [4.69, 9.17) is 0 Å². The molecule has 0 aliphatic heterocycles. The molecule has 19 heavy (non-hydrogen) atoms. The Labute approximate surface area is 124 Å². The van der Waals surface area contributed by atoms with E-state index in [0.717, 1.165) is 12.8 Å².